The largest absolute Gasteiger partial charge is 0.465 e. The summed E-state index contributed by atoms with van der Waals surface area (Å²) in [5, 5.41) is 14.3. The Hall–Kier alpha value is -3.92. The van der Waals surface area contributed by atoms with Crippen LogP contribution < -0.4 is 10.6 Å². The van der Waals surface area contributed by atoms with Gasteiger partial charge in [-0.1, -0.05) is 12.1 Å². The molecule has 0 bridgehead atoms. The molecule has 0 aromatic heterocycles. The number of para-hydroxylation sites is 1. The molecule has 0 unspecified atom stereocenters. The van der Waals surface area contributed by atoms with E-state index in [1.807, 2.05) is 0 Å². The summed E-state index contributed by atoms with van der Waals surface area (Å²) in [4.78, 5) is 48.2. The van der Waals surface area contributed by atoms with Crippen LogP contribution in [0.25, 0.3) is 0 Å². The molecule has 2 aromatic rings. The minimum Gasteiger partial charge on any atom is -0.465 e. The Morgan fingerprint density at radius 1 is 0.903 bits per heavy atom. The minimum atomic E-state index is -0.741. The molecule has 0 spiro atoms. The number of carbonyl (C=O) groups excluding carboxylic acids is 4. The van der Waals surface area contributed by atoms with Crippen LogP contribution in [-0.2, 0) is 19.0 Å². The Morgan fingerprint density at radius 2 is 1.52 bits per heavy atom. The van der Waals surface area contributed by atoms with E-state index in [0.717, 1.165) is 0 Å². The molecule has 10 heteroatoms. The molecule has 10 nitrogen and oxygen atoms in total. The first-order valence-corrected chi connectivity index (χ1v) is 9.12. The summed E-state index contributed by atoms with van der Waals surface area (Å²) >= 11 is 0. The zero-order valence-electron chi connectivity index (χ0n) is 17.0. The number of carbonyl (C=O) groups is 4. The summed E-state index contributed by atoms with van der Waals surface area (Å²) < 4.78 is 14.3. The molecule has 31 heavy (non-hydrogen) atoms. The second-order valence-corrected chi connectivity index (χ2v) is 6.10. The zero-order chi connectivity index (χ0) is 22.8. The third-order valence-corrected chi connectivity index (χ3v) is 3.97. The van der Waals surface area contributed by atoms with E-state index in [2.05, 4.69) is 20.1 Å². The van der Waals surface area contributed by atoms with Crippen molar-refractivity contribution in [2.75, 3.05) is 44.6 Å². The molecule has 0 aliphatic heterocycles. The van der Waals surface area contributed by atoms with E-state index in [1.54, 1.807) is 18.2 Å². The third-order valence-electron chi connectivity index (χ3n) is 3.97. The number of hydrogen-bond donors (Lipinski definition) is 3. The lowest BCUT2D eigenvalue weighted by Crippen LogP contribution is -2.22. The molecule has 0 saturated carbocycles. The number of anilines is 2. The Balaban J connectivity index is 2.08. The van der Waals surface area contributed by atoms with Gasteiger partial charge in [-0.3, -0.25) is 4.79 Å². The van der Waals surface area contributed by atoms with Crippen molar-refractivity contribution < 1.29 is 38.5 Å². The van der Waals surface area contributed by atoms with Gasteiger partial charge < -0.3 is 30.0 Å². The monoisotopic (exact) mass is 430 g/mol. The fourth-order valence-corrected chi connectivity index (χ4v) is 2.58. The van der Waals surface area contributed by atoms with Gasteiger partial charge in [-0.2, -0.15) is 0 Å². The standard InChI is InChI=1S/C21H22N2O8/c1-29-19(26)13-9-14(20(27)30-2)11-15(10-13)23-18(25)12-31-21(28)16-5-3-4-6-17(16)22-7-8-24/h3-6,9-11,22,24H,7-8,12H2,1-2H3,(H,23,25). The summed E-state index contributed by atoms with van der Waals surface area (Å²) in [5.41, 5.74) is 0.831. The molecule has 164 valence electrons. The lowest BCUT2D eigenvalue weighted by atomic mass is 10.1. The fourth-order valence-electron chi connectivity index (χ4n) is 2.58. The predicted molar refractivity (Wildman–Crippen MR) is 110 cm³/mol. The molecule has 0 fully saturated rings. The number of esters is 3. The average molecular weight is 430 g/mol. The van der Waals surface area contributed by atoms with Gasteiger partial charge in [0.25, 0.3) is 5.91 Å². The van der Waals surface area contributed by atoms with Crippen LogP contribution in [0.5, 0.6) is 0 Å². The number of benzene rings is 2. The molecule has 2 rings (SSSR count). The maximum Gasteiger partial charge on any atom is 0.340 e. The lowest BCUT2D eigenvalue weighted by molar-refractivity contribution is -0.119. The van der Waals surface area contributed by atoms with Gasteiger partial charge in [0.2, 0.25) is 0 Å². The number of amides is 1. The van der Waals surface area contributed by atoms with E-state index in [0.29, 0.717) is 5.69 Å². The van der Waals surface area contributed by atoms with E-state index >= 15 is 0 Å². The van der Waals surface area contributed by atoms with Crippen molar-refractivity contribution in [3.63, 3.8) is 0 Å². The van der Waals surface area contributed by atoms with Gasteiger partial charge in [-0.05, 0) is 30.3 Å². The lowest BCUT2D eigenvalue weighted by Gasteiger charge is -2.12. The van der Waals surface area contributed by atoms with Crippen LogP contribution in [0.15, 0.2) is 42.5 Å². The van der Waals surface area contributed by atoms with E-state index < -0.39 is 30.4 Å². The maximum absolute atomic E-state index is 12.3. The second-order valence-electron chi connectivity index (χ2n) is 6.10. The van der Waals surface area contributed by atoms with Gasteiger partial charge in [-0.25, -0.2) is 14.4 Å². The Bertz CT molecular complexity index is 939. The molecule has 0 aliphatic rings. The normalized spacial score (nSPS) is 10.0. The highest BCUT2D eigenvalue weighted by molar-refractivity contribution is 6.01. The highest BCUT2D eigenvalue weighted by atomic mass is 16.5. The molecule has 3 N–H and O–H groups in total. The quantitative estimate of drug-likeness (QED) is 0.398. The molecular weight excluding hydrogens is 408 g/mol. The number of hydrogen-bond acceptors (Lipinski definition) is 9. The Morgan fingerprint density at radius 3 is 2.10 bits per heavy atom. The van der Waals surface area contributed by atoms with E-state index in [-0.39, 0.29) is 35.5 Å². The minimum absolute atomic E-state index is 0.0292. The van der Waals surface area contributed by atoms with E-state index in [4.69, 9.17) is 9.84 Å². The van der Waals surface area contributed by atoms with Crippen LogP contribution in [0, 0.1) is 0 Å². The van der Waals surface area contributed by atoms with Crippen molar-refractivity contribution >= 4 is 35.2 Å². The van der Waals surface area contributed by atoms with Gasteiger partial charge in [0.1, 0.15) is 0 Å². The summed E-state index contributed by atoms with van der Waals surface area (Å²) in [7, 11) is 2.36. The van der Waals surface area contributed by atoms with Crippen LogP contribution >= 0.6 is 0 Å². The SMILES string of the molecule is COC(=O)c1cc(NC(=O)COC(=O)c2ccccc2NCCO)cc(C(=O)OC)c1. The van der Waals surface area contributed by atoms with Crippen molar-refractivity contribution in [3.8, 4) is 0 Å². The highest BCUT2D eigenvalue weighted by Gasteiger charge is 2.17. The number of nitrogens with one attached hydrogen (secondary N) is 2. The average Bonchev–Trinajstić information content (AvgIpc) is 2.79. The van der Waals surface area contributed by atoms with Crippen LogP contribution in [0.4, 0.5) is 11.4 Å². The van der Waals surface area contributed by atoms with Gasteiger partial charge in [-0.15, -0.1) is 0 Å². The molecule has 0 atom stereocenters. The summed E-state index contributed by atoms with van der Waals surface area (Å²) in [6, 6.07) is 10.4. The number of methoxy groups -OCH3 is 2. The summed E-state index contributed by atoms with van der Waals surface area (Å²) in [6.07, 6.45) is 0. The third kappa shape index (κ3) is 6.54. The number of aliphatic hydroxyl groups is 1. The van der Waals surface area contributed by atoms with Gasteiger partial charge >= 0.3 is 17.9 Å². The zero-order valence-corrected chi connectivity index (χ0v) is 17.0. The van der Waals surface area contributed by atoms with Crippen molar-refractivity contribution in [3.05, 3.63) is 59.2 Å². The molecule has 0 radical (unpaired) electrons. The first kappa shape index (κ1) is 23.4. The second kappa shape index (κ2) is 11.3. The Kier molecular flexibility index (Phi) is 8.52. The number of aliphatic hydroxyl groups excluding tert-OH is 1. The molecule has 0 saturated heterocycles. The molecular formula is C21H22N2O8. The predicted octanol–water partition coefficient (Wildman–Crippen LogP) is 1.46. The number of ether oxygens (including phenoxy) is 3. The first-order chi connectivity index (χ1) is 14.9. The van der Waals surface area contributed by atoms with Crippen molar-refractivity contribution in [1.29, 1.82) is 0 Å². The smallest absolute Gasteiger partial charge is 0.340 e. The molecule has 2 aromatic carbocycles. The fraction of sp³-hybridized carbons (Fsp3) is 0.238. The van der Waals surface area contributed by atoms with Gasteiger partial charge in [0, 0.05) is 17.9 Å². The van der Waals surface area contributed by atoms with E-state index in [9.17, 15) is 19.2 Å². The Labute approximate surface area is 178 Å². The van der Waals surface area contributed by atoms with Crippen LogP contribution in [-0.4, -0.2) is 62.9 Å². The highest BCUT2D eigenvalue weighted by Crippen LogP contribution is 2.18. The summed E-state index contributed by atoms with van der Waals surface area (Å²) in [5.74, 6) is -2.85. The summed E-state index contributed by atoms with van der Waals surface area (Å²) in [6.45, 7) is -0.489. The van der Waals surface area contributed by atoms with Gasteiger partial charge in [0.05, 0.1) is 37.5 Å². The molecule has 1 amide bonds. The maximum atomic E-state index is 12.3. The number of rotatable bonds is 9. The van der Waals surface area contributed by atoms with E-state index in [1.165, 1.54) is 38.5 Å². The molecule has 0 heterocycles. The van der Waals surface area contributed by atoms with Crippen molar-refractivity contribution in [2.24, 2.45) is 0 Å². The van der Waals surface area contributed by atoms with Crippen LogP contribution in [0.1, 0.15) is 31.1 Å². The topological polar surface area (TPSA) is 140 Å². The first-order valence-electron chi connectivity index (χ1n) is 9.12. The van der Waals surface area contributed by atoms with Crippen LogP contribution in [0.2, 0.25) is 0 Å². The van der Waals surface area contributed by atoms with Crippen molar-refractivity contribution in [2.45, 2.75) is 0 Å². The van der Waals surface area contributed by atoms with Gasteiger partial charge in [0.15, 0.2) is 6.61 Å². The van der Waals surface area contributed by atoms with Crippen molar-refractivity contribution in [1.82, 2.24) is 0 Å². The molecule has 0 aliphatic carbocycles. The van der Waals surface area contributed by atoms with Crippen LogP contribution in [0.3, 0.4) is 0 Å².